The number of benzene rings is 2. The smallest absolute Gasteiger partial charge is 0.289 e. The highest BCUT2D eigenvalue weighted by molar-refractivity contribution is 6.38. The number of hydrogen-bond donors (Lipinski definition) is 3. The molecule has 3 N–H and O–H groups in total. The number of fused-ring (bicyclic) bond motifs is 2. The van der Waals surface area contributed by atoms with Gasteiger partial charge in [0.2, 0.25) is 23.5 Å². The average molecular weight is 627 g/mol. The van der Waals surface area contributed by atoms with Gasteiger partial charge in [-0.3, -0.25) is 24.0 Å². The van der Waals surface area contributed by atoms with E-state index in [9.17, 15) is 24.0 Å². The normalized spacial score (nSPS) is 22.2. The number of nitrogens with zero attached hydrogens (tertiary/aromatic N) is 1. The lowest BCUT2D eigenvalue weighted by Crippen LogP contribution is -2.59. The van der Waals surface area contributed by atoms with E-state index in [0.717, 1.165) is 5.56 Å². The first-order valence-corrected chi connectivity index (χ1v) is 16.5. The van der Waals surface area contributed by atoms with Gasteiger partial charge in [0.05, 0.1) is 6.04 Å². The van der Waals surface area contributed by atoms with Crippen molar-refractivity contribution in [1.82, 2.24) is 20.9 Å². The molecule has 2 aromatic carbocycles. The Morgan fingerprint density at radius 1 is 0.978 bits per heavy atom. The zero-order valence-electron chi connectivity index (χ0n) is 27.1. The van der Waals surface area contributed by atoms with Crippen LogP contribution in [-0.2, 0) is 43.2 Å². The van der Waals surface area contributed by atoms with Gasteiger partial charge in [0, 0.05) is 19.5 Å². The molecule has 0 spiro atoms. The van der Waals surface area contributed by atoms with Crippen LogP contribution in [0.2, 0.25) is 0 Å². The second kappa shape index (κ2) is 14.0. The molecular formula is C37H46N4O5. The predicted octanol–water partition coefficient (Wildman–Crippen LogP) is 3.16. The molecule has 9 heteroatoms. The lowest BCUT2D eigenvalue weighted by atomic mass is 9.93. The van der Waals surface area contributed by atoms with E-state index >= 15 is 0 Å². The Morgan fingerprint density at radius 2 is 1.63 bits per heavy atom. The van der Waals surface area contributed by atoms with Gasteiger partial charge in [-0.2, -0.15) is 0 Å². The molecule has 3 aliphatic rings. The molecular weight excluding hydrogens is 580 g/mol. The van der Waals surface area contributed by atoms with Crippen LogP contribution in [0, 0.1) is 23.2 Å². The fraction of sp³-hybridized carbons (Fsp3) is 0.486. The highest BCUT2D eigenvalue weighted by Gasteiger charge is 2.69. The van der Waals surface area contributed by atoms with Crippen molar-refractivity contribution in [3.8, 4) is 0 Å². The van der Waals surface area contributed by atoms with Gasteiger partial charge in [-0.1, -0.05) is 87.9 Å². The molecule has 244 valence electrons. The van der Waals surface area contributed by atoms with E-state index in [1.54, 1.807) is 4.90 Å². The number of ketones is 1. The third kappa shape index (κ3) is 6.93. The molecule has 0 radical (unpaired) electrons. The minimum atomic E-state index is -1.00. The number of nitrogens with one attached hydrogen (secondary N) is 3. The van der Waals surface area contributed by atoms with E-state index in [1.807, 2.05) is 49.4 Å². The lowest BCUT2D eigenvalue weighted by molar-refractivity contribution is -0.145. The molecule has 2 aliphatic carbocycles. The molecule has 1 saturated heterocycles. The van der Waals surface area contributed by atoms with Crippen LogP contribution in [0.4, 0.5) is 0 Å². The molecule has 2 fully saturated rings. The van der Waals surface area contributed by atoms with Gasteiger partial charge in [-0.05, 0) is 65.5 Å². The fourth-order valence-electron chi connectivity index (χ4n) is 7.57. The molecule has 5 unspecified atom stereocenters. The van der Waals surface area contributed by atoms with E-state index in [2.05, 4.69) is 48.5 Å². The molecule has 0 aromatic heterocycles. The Morgan fingerprint density at radius 3 is 2.26 bits per heavy atom. The van der Waals surface area contributed by atoms with Gasteiger partial charge in [0.25, 0.3) is 5.91 Å². The number of hydrogen-bond acceptors (Lipinski definition) is 5. The standard InChI is InChI=1S/C37H46N4O5/c1-5-12-28(33(43)35(45)38-19-6-2)39-34(44)32-30-27(37(30,3)4)22-41(32)36(46)31(26-20-24-15-10-11-16-25(24)21-26)40-29(42)18-17-23-13-8-7-9-14-23/h6-11,13-16,26-28,30-32H,2,5,12,17-22H2,1,3-4H3,(H,38,45)(H,39,44)(H,40,42). The number of piperidine rings is 1. The largest absolute Gasteiger partial charge is 0.346 e. The maximum atomic E-state index is 14.5. The molecule has 0 bridgehead atoms. The predicted molar refractivity (Wildman–Crippen MR) is 175 cm³/mol. The number of Topliss-reactive ketones (excluding diaryl/α,β-unsaturated/α-hetero) is 1. The van der Waals surface area contributed by atoms with E-state index in [1.165, 1.54) is 17.2 Å². The van der Waals surface area contributed by atoms with Crippen LogP contribution in [0.3, 0.4) is 0 Å². The fourth-order valence-corrected chi connectivity index (χ4v) is 7.57. The Labute approximate surface area is 271 Å². The van der Waals surface area contributed by atoms with E-state index in [4.69, 9.17) is 0 Å². The van der Waals surface area contributed by atoms with Crippen LogP contribution in [-0.4, -0.2) is 65.5 Å². The minimum Gasteiger partial charge on any atom is -0.346 e. The number of aryl methyl sites for hydroxylation is 1. The Balaban J connectivity index is 1.36. The minimum absolute atomic E-state index is 0.0846. The van der Waals surface area contributed by atoms with Crippen LogP contribution in [0.15, 0.2) is 67.3 Å². The Hall–Kier alpha value is -4.27. The first-order chi connectivity index (χ1) is 22.1. The molecule has 5 rings (SSSR count). The van der Waals surface area contributed by atoms with Gasteiger partial charge >= 0.3 is 0 Å². The molecule has 5 atom stereocenters. The van der Waals surface area contributed by atoms with Gasteiger partial charge in [0.1, 0.15) is 12.1 Å². The number of likely N-dealkylation sites (tertiary alicyclic amines) is 1. The van der Waals surface area contributed by atoms with Crippen LogP contribution >= 0.6 is 0 Å². The van der Waals surface area contributed by atoms with Crippen molar-refractivity contribution in [2.45, 2.75) is 77.4 Å². The van der Waals surface area contributed by atoms with E-state index < -0.39 is 35.7 Å². The van der Waals surface area contributed by atoms with Crippen molar-refractivity contribution in [2.75, 3.05) is 13.1 Å². The van der Waals surface area contributed by atoms with Crippen molar-refractivity contribution < 1.29 is 24.0 Å². The molecule has 1 heterocycles. The molecule has 2 aromatic rings. The van der Waals surface area contributed by atoms with Crippen molar-refractivity contribution in [1.29, 1.82) is 0 Å². The van der Waals surface area contributed by atoms with Crippen LogP contribution in [0.1, 0.15) is 56.7 Å². The zero-order valence-corrected chi connectivity index (χ0v) is 27.1. The summed E-state index contributed by atoms with van der Waals surface area (Å²) >= 11 is 0. The van der Waals surface area contributed by atoms with Gasteiger partial charge in [-0.15, -0.1) is 6.58 Å². The molecule has 1 aliphatic heterocycles. The lowest BCUT2D eigenvalue weighted by Gasteiger charge is -2.35. The van der Waals surface area contributed by atoms with Crippen LogP contribution < -0.4 is 16.0 Å². The van der Waals surface area contributed by atoms with Crippen molar-refractivity contribution in [3.05, 3.63) is 83.9 Å². The SMILES string of the molecule is C=CCNC(=O)C(=O)C(CCC)NC(=O)C1C2C(CN1C(=O)C(NC(=O)CCc1ccccc1)C1Cc3ccccc3C1)C2(C)C. The van der Waals surface area contributed by atoms with Gasteiger partial charge in [-0.25, -0.2) is 0 Å². The third-order valence-electron chi connectivity index (χ3n) is 10.2. The summed E-state index contributed by atoms with van der Waals surface area (Å²) in [6.07, 6.45) is 4.46. The van der Waals surface area contributed by atoms with Crippen molar-refractivity contribution >= 4 is 29.4 Å². The molecule has 1 saturated carbocycles. The molecule has 9 nitrogen and oxygen atoms in total. The highest BCUT2D eigenvalue weighted by Crippen LogP contribution is 2.65. The van der Waals surface area contributed by atoms with E-state index in [0.29, 0.717) is 38.6 Å². The second-order valence-electron chi connectivity index (χ2n) is 13.6. The van der Waals surface area contributed by atoms with Crippen molar-refractivity contribution in [2.24, 2.45) is 23.2 Å². The Bertz CT molecular complexity index is 1460. The maximum Gasteiger partial charge on any atom is 0.289 e. The maximum absolute atomic E-state index is 14.5. The van der Waals surface area contributed by atoms with Gasteiger partial charge < -0.3 is 20.9 Å². The quantitative estimate of drug-likeness (QED) is 0.220. The summed E-state index contributed by atoms with van der Waals surface area (Å²) in [5, 5.41) is 8.43. The summed E-state index contributed by atoms with van der Waals surface area (Å²) in [5.74, 6) is -2.51. The second-order valence-corrected chi connectivity index (χ2v) is 13.6. The molecule has 4 amide bonds. The number of carbonyl (C=O) groups is 5. The zero-order chi connectivity index (χ0) is 33.0. The number of carbonyl (C=O) groups excluding carboxylic acids is 5. The summed E-state index contributed by atoms with van der Waals surface area (Å²) < 4.78 is 0. The Kier molecular flexibility index (Phi) is 10.1. The number of rotatable bonds is 14. The topological polar surface area (TPSA) is 125 Å². The highest BCUT2D eigenvalue weighted by atomic mass is 16.2. The van der Waals surface area contributed by atoms with Crippen LogP contribution in [0.5, 0.6) is 0 Å². The summed E-state index contributed by atoms with van der Waals surface area (Å²) in [5.41, 5.74) is 3.22. The summed E-state index contributed by atoms with van der Waals surface area (Å²) in [4.78, 5) is 69.0. The van der Waals surface area contributed by atoms with Crippen LogP contribution in [0.25, 0.3) is 0 Å². The average Bonchev–Trinajstić information content (AvgIpc) is 3.41. The first kappa shape index (κ1) is 33.1. The van der Waals surface area contributed by atoms with E-state index in [-0.39, 0.29) is 47.9 Å². The first-order valence-electron chi connectivity index (χ1n) is 16.5. The third-order valence-corrected chi connectivity index (χ3v) is 10.2. The molecule has 46 heavy (non-hydrogen) atoms. The van der Waals surface area contributed by atoms with Gasteiger partial charge in [0.15, 0.2) is 0 Å². The summed E-state index contributed by atoms with van der Waals surface area (Å²) in [7, 11) is 0. The summed E-state index contributed by atoms with van der Waals surface area (Å²) in [6, 6.07) is 15.3. The van der Waals surface area contributed by atoms with Crippen molar-refractivity contribution in [3.63, 3.8) is 0 Å². The summed E-state index contributed by atoms with van der Waals surface area (Å²) in [6.45, 7) is 10.2. The number of amides is 4. The monoisotopic (exact) mass is 626 g/mol.